The van der Waals surface area contributed by atoms with Gasteiger partial charge in [0.25, 0.3) is 0 Å². The molecule has 0 spiro atoms. The number of aromatic nitrogens is 2. The Bertz CT molecular complexity index is 1120. The summed E-state index contributed by atoms with van der Waals surface area (Å²) in [6.45, 7) is 3.12. The van der Waals surface area contributed by atoms with Crippen LogP contribution in [0.3, 0.4) is 0 Å². The van der Waals surface area contributed by atoms with Crippen LogP contribution in [0, 0.1) is 15.9 Å². The van der Waals surface area contributed by atoms with E-state index >= 15 is 0 Å². The lowest BCUT2D eigenvalue weighted by atomic mass is 10.2. The maximum Gasteiger partial charge on any atom is 0.353 e. The topological polar surface area (TPSA) is 78.6 Å². The van der Waals surface area contributed by atoms with Crippen molar-refractivity contribution in [1.82, 2.24) is 9.97 Å². The molecule has 3 heterocycles. The molecule has 2 aliphatic heterocycles. The van der Waals surface area contributed by atoms with Crippen molar-refractivity contribution in [2.24, 2.45) is 0 Å². The van der Waals surface area contributed by atoms with E-state index in [2.05, 4.69) is 14.9 Å². The molecule has 3 aromatic rings. The zero-order valence-corrected chi connectivity index (χ0v) is 16.8. The number of hydrogen-bond donors (Lipinski definition) is 0. The second-order valence-corrected chi connectivity index (χ2v) is 7.61. The van der Waals surface area contributed by atoms with Crippen LogP contribution in [0.1, 0.15) is 5.56 Å². The Kier molecular flexibility index (Phi) is 4.85. The predicted octanol–water partition coefficient (Wildman–Crippen LogP) is 3.54. The normalized spacial score (nSPS) is 15.8. The first-order chi connectivity index (χ1) is 15.1. The SMILES string of the molecule is O=[N+]([O-])c1c(N2CCN(c3ccc(F)cc3)CC2)ncnc1N1CCc2ccccc21. The van der Waals surface area contributed by atoms with Gasteiger partial charge in [-0.2, -0.15) is 0 Å². The fraction of sp³-hybridized carbons (Fsp3) is 0.273. The fourth-order valence-electron chi connectivity index (χ4n) is 4.34. The molecule has 9 heteroatoms. The number of halogens is 1. The second kappa shape index (κ2) is 7.82. The summed E-state index contributed by atoms with van der Waals surface area (Å²) < 4.78 is 13.2. The van der Waals surface area contributed by atoms with E-state index in [1.807, 2.05) is 34.1 Å². The number of nitro groups is 1. The molecule has 5 rings (SSSR count). The van der Waals surface area contributed by atoms with Gasteiger partial charge in [-0.15, -0.1) is 0 Å². The quantitative estimate of drug-likeness (QED) is 0.472. The Morgan fingerprint density at radius 3 is 2.29 bits per heavy atom. The van der Waals surface area contributed by atoms with Crippen molar-refractivity contribution in [3.63, 3.8) is 0 Å². The highest BCUT2D eigenvalue weighted by molar-refractivity contribution is 5.79. The number of benzene rings is 2. The van der Waals surface area contributed by atoms with Crippen molar-refractivity contribution >= 4 is 28.7 Å². The molecule has 0 saturated carbocycles. The van der Waals surface area contributed by atoms with Crippen LogP contribution in [-0.2, 0) is 6.42 Å². The van der Waals surface area contributed by atoms with Crippen LogP contribution >= 0.6 is 0 Å². The summed E-state index contributed by atoms with van der Waals surface area (Å²) in [6, 6.07) is 14.3. The minimum absolute atomic E-state index is 0.0607. The third-order valence-corrected chi connectivity index (χ3v) is 5.88. The Morgan fingerprint density at radius 1 is 0.871 bits per heavy atom. The average molecular weight is 420 g/mol. The number of nitrogens with zero attached hydrogens (tertiary/aromatic N) is 6. The first kappa shape index (κ1) is 19.2. The minimum atomic E-state index is -0.377. The lowest BCUT2D eigenvalue weighted by molar-refractivity contribution is -0.383. The van der Waals surface area contributed by atoms with Gasteiger partial charge < -0.3 is 14.7 Å². The summed E-state index contributed by atoms with van der Waals surface area (Å²) in [4.78, 5) is 26.3. The van der Waals surface area contributed by atoms with E-state index in [0.29, 0.717) is 44.4 Å². The average Bonchev–Trinajstić information content (AvgIpc) is 3.23. The number of rotatable bonds is 4. The summed E-state index contributed by atoms with van der Waals surface area (Å²) in [5, 5.41) is 12.1. The van der Waals surface area contributed by atoms with Gasteiger partial charge >= 0.3 is 5.69 Å². The molecule has 0 aliphatic carbocycles. The molecule has 31 heavy (non-hydrogen) atoms. The van der Waals surface area contributed by atoms with E-state index in [0.717, 1.165) is 23.4 Å². The minimum Gasteiger partial charge on any atom is -0.368 e. The highest BCUT2D eigenvalue weighted by Gasteiger charge is 2.34. The largest absolute Gasteiger partial charge is 0.368 e. The molecule has 1 saturated heterocycles. The molecule has 1 aromatic heterocycles. The summed E-state index contributed by atoms with van der Waals surface area (Å²) in [5.41, 5.74) is 2.99. The predicted molar refractivity (Wildman–Crippen MR) is 117 cm³/mol. The maximum absolute atomic E-state index is 13.2. The van der Waals surface area contributed by atoms with Crippen molar-refractivity contribution in [1.29, 1.82) is 0 Å². The summed E-state index contributed by atoms with van der Waals surface area (Å²) >= 11 is 0. The maximum atomic E-state index is 13.2. The van der Waals surface area contributed by atoms with E-state index in [1.54, 1.807) is 12.1 Å². The molecule has 0 radical (unpaired) electrons. The Balaban J connectivity index is 1.42. The zero-order valence-electron chi connectivity index (χ0n) is 16.8. The highest BCUT2D eigenvalue weighted by Crippen LogP contribution is 2.41. The molecular weight excluding hydrogens is 399 g/mol. The first-order valence-corrected chi connectivity index (χ1v) is 10.2. The number of para-hydroxylation sites is 1. The van der Waals surface area contributed by atoms with Gasteiger partial charge in [-0.25, -0.2) is 14.4 Å². The Hall–Kier alpha value is -3.75. The van der Waals surface area contributed by atoms with Crippen molar-refractivity contribution in [2.75, 3.05) is 47.4 Å². The van der Waals surface area contributed by atoms with Crippen LogP contribution in [0.4, 0.5) is 33.1 Å². The van der Waals surface area contributed by atoms with Crippen molar-refractivity contribution in [3.8, 4) is 0 Å². The highest BCUT2D eigenvalue weighted by atomic mass is 19.1. The Morgan fingerprint density at radius 2 is 1.55 bits per heavy atom. The van der Waals surface area contributed by atoms with Gasteiger partial charge in [0, 0.05) is 44.1 Å². The number of piperazine rings is 1. The fourth-order valence-corrected chi connectivity index (χ4v) is 4.34. The van der Waals surface area contributed by atoms with Crippen LogP contribution in [0.15, 0.2) is 54.9 Å². The van der Waals surface area contributed by atoms with E-state index < -0.39 is 0 Å². The lowest BCUT2D eigenvalue weighted by Gasteiger charge is -2.36. The van der Waals surface area contributed by atoms with E-state index in [-0.39, 0.29) is 16.4 Å². The molecule has 0 amide bonds. The van der Waals surface area contributed by atoms with Gasteiger partial charge in [0.15, 0.2) is 0 Å². The van der Waals surface area contributed by atoms with Gasteiger partial charge in [0.05, 0.1) is 4.92 Å². The third kappa shape index (κ3) is 3.52. The number of fused-ring (bicyclic) bond motifs is 1. The van der Waals surface area contributed by atoms with Gasteiger partial charge in [-0.3, -0.25) is 10.1 Å². The number of hydrogen-bond acceptors (Lipinski definition) is 7. The molecule has 0 N–H and O–H groups in total. The number of anilines is 4. The molecular formula is C22H21FN6O2. The standard InChI is InChI=1S/C22H21FN6O2/c23-17-5-7-18(8-6-17)26-11-13-27(14-12-26)21-20(29(30)31)22(25-15-24-21)28-10-9-16-3-1-2-4-19(16)28/h1-8,15H,9-14H2. The van der Waals surface area contributed by atoms with Gasteiger partial charge in [0.2, 0.25) is 11.6 Å². The van der Waals surface area contributed by atoms with E-state index in [1.165, 1.54) is 18.5 Å². The van der Waals surface area contributed by atoms with Crippen LogP contribution in [-0.4, -0.2) is 47.6 Å². The van der Waals surface area contributed by atoms with Gasteiger partial charge in [-0.1, -0.05) is 18.2 Å². The summed E-state index contributed by atoms with van der Waals surface area (Å²) in [7, 11) is 0. The zero-order chi connectivity index (χ0) is 21.4. The van der Waals surface area contributed by atoms with Crippen LogP contribution in [0.2, 0.25) is 0 Å². The molecule has 1 fully saturated rings. The summed E-state index contributed by atoms with van der Waals surface area (Å²) in [5.74, 6) is 0.411. The molecule has 158 valence electrons. The Labute approximate surface area is 178 Å². The monoisotopic (exact) mass is 420 g/mol. The van der Waals surface area contributed by atoms with Crippen LogP contribution in [0.25, 0.3) is 0 Å². The van der Waals surface area contributed by atoms with Crippen molar-refractivity contribution in [2.45, 2.75) is 6.42 Å². The van der Waals surface area contributed by atoms with Crippen molar-refractivity contribution < 1.29 is 9.31 Å². The van der Waals surface area contributed by atoms with Crippen molar-refractivity contribution in [3.05, 3.63) is 76.4 Å². The first-order valence-electron chi connectivity index (χ1n) is 10.2. The summed E-state index contributed by atoms with van der Waals surface area (Å²) in [6.07, 6.45) is 2.23. The lowest BCUT2D eigenvalue weighted by Crippen LogP contribution is -2.47. The third-order valence-electron chi connectivity index (χ3n) is 5.88. The molecule has 2 aliphatic rings. The molecule has 2 aromatic carbocycles. The van der Waals surface area contributed by atoms with Crippen LogP contribution < -0.4 is 14.7 Å². The smallest absolute Gasteiger partial charge is 0.353 e. The molecule has 0 atom stereocenters. The second-order valence-electron chi connectivity index (χ2n) is 7.61. The van der Waals surface area contributed by atoms with Gasteiger partial charge in [0.1, 0.15) is 12.1 Å². The van der Waals surface area contributed by atoms with E-state index in [9.17, 15) is 14.5 Å². The van der Waals surface area contributed by atoms with E-state index in [4.69, 9.17) is 0 Å². The van der Waals surface area contributed by atoms with Crippen LogP contribution in [0.5, 0.6) is 0 Å². The van der Waals surface area contributed by atoms with Gasteiger partial charge in [-0.05, 0) is 42.3 Å². The molecule has 8 nitrogen and oxygen atoms in total. The molecule has 0 unspecified atom stereocenters. The molecule has 0 bridgehead atoms.